The van der Waals surface area contributed by atoms with Gasteiger partial charge in [-0.05, 0) is 44.4 Å². The zero-order chi connectivity index (χ0) is 20.4. The Kier molecular flexibility index (Phi) is 9.07. The average Bonchev–Trinajstić information content (AvgIpc) is 2.71. The molecule has 28 heavy (non-hydrogen) atoms. The first-order valence-corrected chi connectivity index (χ1v) is 10.0. The number of piperazine rings is 1. The van der Waals surface area contributed by atoms with E-state index in [2.05, 4.69) is 5.32 Å². The lowest BCUT2D eigenvalue weighted by molar-refractivity contribution is -0.132. The Morgan fingerprint density at radius 2 is 1.71 bits per heavy atom. The number of carbonyl (C=O) groups is 2. The van der Waals surface area contributed by atoms with E-state index in [-0.39, 0.29) is 18.0 Å². The maximum absolute atomic E-state index is 12.4. The third-order valence-electron chi connectivity index (χ3n) is 4.75. The van der Waals surface area contributed by atoms with E-state index in [4.69, 9.17) is 9.47 Å². The third kappa shape index (κ3) is 7.38. The average molecular weight is 392 g/mol. The van der Waals surface area contributed by atoms with Gasteiger partial charge in [-0.15, -0.1) is 0 Å². The van der Waals surface area contributed by atoms with Crippen molar-refractivity contribution in [3.63, 3.8) is 0 Å². The van der Waals surface area contributed by atoms with Gasteiger partial charge in [0.15, 0.2) is 0 Å². The van der Waals surface area contributed by atoms with Crippen LogP contribution in [0.5, 0.6) is 5.75 Å². The number of hydrogen-bond donors (Lipinski definition) is 1. The molecule has 1 aromatic rings. The summed E-state index contributed by atoms with van der Waals surface area (Å²) in [6.07, 6.45) is 2.20. The van der Waals surface area contributed by atoms with Crippen molar-refractivity contribution in [3.05, 3.63) is 29.8 Å². The molecule has 1 heterocycles. The number of nitrogens with one attached hydrogen (secondary N) is 1. The van der Waals surface area contributed by atoms with Crippen molar-refractivity contribution < 1.29 is 19.1 Å². The van der Waals surface area contributed by atoms with Gasteiger partial charge < -0.3 is 24.6 Å². The van der Waals surface area contributed by atoms with E-state index in [0.717, 1.165) is 17.7 Å². The second-order valence-electron chi connectivity index (χ2n) is 7.22. The Balaban J connectivity index is 1.63. The minimum atomic E-state index is -0.0603. The molecule has 7 heteroatoms. The van der Waals surface area contributed by atoms with E-state index in [0.29, 0.717) is 52.2 Å². The largest absolute Gasteiger partial charge is 0.497 e. The Bertz CT molecular complexity index is 611. The number of ether oxygens (including phenoxy) is 2. The molecule has 1 fully saturated rings. The van der Waals surface area contributed by atoms with Crippen molar-refractivity contribution in [1.82, 2.24) is 15.1 Å². The zero-order valence-electron chi connectivity index (χ0n) is 17.3. The van der Waals surface area contributed by atoms with E-state index < -0.39 is 0 Å². The molecule has 1 saturated heterocycles. The number of nitrogens with zero attached hydrogens (tertiary/aromatic N) is 2. The highest BCUT2D eigenvalue weighted by atomic mass is 16.5. The molecule has 1 aliphatic heterocycles. The number of carbonyl (C=O) groups excluding carboxylic acids is 2. The van der Waals surface area contributed by atoms with Crippen molar-refractivity contribution in [2.45, 2.75) is 39.2 Å². The summed E-state index contributed by atoms with van der Waals surface area (Å²) in [7, 11) is 1.64. The molecule has 0 atom stereocenters. The topological polar surface area (TPSA) is 71.1 Å². The number of benzene rings is 1. The van der Waals surface area contributed by atoms with Crippen molar-refractivity contribution in [2.24, 2.45) is 0 Å². The van der Waals surface area contributed by atoms with Gasteiger partial charge in [-0.1, -0.05) is 12.1 Å². The van der Waals surface area contributed by atoms with Gasteiger partial charge in [-0.3, -0.25) is 4.79 Å². The molecule has 0 bridgehead atoms. The van der Waals surface area contributed by atoms with Crippen molar-refractivity contribution in [3.8, 4) is 5.75 Å². The molecule has 0 saturated carbocycles. The van der Waals surface area contributed by atoms with E-state index in [1.807, 2.05) is 43.0 Å². The summed E-state index contributed by atoms with van der Waals surface area (Å²) in [6.45, 7) is 7.57. The molecule has 1 aromatic carbocycles. The molecular weight excluding hydrogens is 358 g/mol. The minimum absolute atomic E-state index is 0.0603. The molecule has 1 N–H and O–H groups in total. The fourth-order valence-electron chi connectivity index (χ4n) is 3.06. The molecule has 0 spiro atoms. The lowest BCUT2D eigenvalue weighted by Gasteiger charge is -2.34. The summed E-state index contributed by atoms with van der Waals surface area (Å²) in [5, 5.41) is 2.92. The smallest absolute Gasteiger partial charge is 0.317 e. The van der Waals surface area contributed by atoms with Crippen LogP contribution in [-0.4, -0.2) is 74.3 Å². The van der Waals surface area contributed by atoms with Crippen LogP contribution in [0, 0.1) is 0 Å². The summed E-state index contributed by atoms with van der Waals surface area (Å²) in [5.41, 5.74) is 1.12. The highest BCUT2D eigenvalue weighted by Gasteiger charge is 2.23. The second-order valence-corrected chi connectivity index (χ2v) is 7.22. The van der Waals surface area contributed by atoms with Gasteiger partial charge in [-0.25, -0.2) is 4.79 Å². The molecule has 0 aliphatic carbocycles. The van der Waals surface area contributed by atoms with Crippen LogP contribution in [0.15, 0.2) is 24.3 Å². The van der Waals surface area contributed by atoms with Crippen LogP contribution in [0.4, 0.5) is 4.79 Å². The first kappa shape index (κ1) is 22.0. The quantitative estimate of drug-likeness (QED) is 0.656. The third-order valence-corrected chi connectivity index (χ3v) is 4.75. The van der Waals surface area contributed by atoms with E-state index in [1.54, 1.807) is 12.0 Å². The Hall–Kier alpha value is -2.28. The molecule has 7 nitrogen and oxygen atoms in total. The van der Waals surface area contributed by atoms with E-state index in [1.165, 1.54) is 0 Å². The summed E-state index contributed by atoms with van der Waals surface area (Å²) in [4.78, 5) is 28.3. The van der Waals surface area contributed by atoms with Gasteiger partial charge in [0.1, 0.15) is 5.75 Å². The number of urea groups is 1. The summed E-state index contributed by atoms with van der Waals surface area (Å²) < 4.78 is 10.6. The fourth-order valence-corrected chi connectivity index (χ4v) is 3.06. The Morgan fingerprint density at radius 1 is 1.07 bits per heavy atom. The fraction of sp³-hybridized carbons (Fsp3) is 0.619. The van der Waals surface area contributed by atoms with Crippen LogP contribution in [0.1, 0.15) is 32.3 Å². The van der Waals surface area contributed by atoms with Crippen LogP contribution in [0.3, 0.4) is 0 Å². The molecule has 2 rings (SSSR count). The lowest BCUT2D eigenvalue weighted by Crippen LogP contribution is -2.53. The van der Waals surface area contributed by atoms with E-state index in [9.17, 15) is 9.59 Å². The number of aryl methyl sites for hydroxylation is 1. The highest BCUT2D eigenvalue weighted by molar-refractivity contribution is 5.78. The number of rotatable bonds is 9. The molecule has 3 amide bonds. The lowest BCUT2D eigenvalue weighted by atomic mass is 10.1. The SMILES string of the molecule is COc1ccc(CCC(=O)N2CCN(C(=O)NCCCOC(C)C)CC2)cc1. The second kappa shape index (κ2) is 11.5. The van der Waals surface area contributed by atoms with Crippen LogP contribution in [0.25, 0.3) is 0 Å². The first-order chi connectivity index (χ1) is 13.5. The van der Waals surface area contributed by atoms with Crippen molar-refractivity contribution in [2.75, 3.05) is 46.4 Å². The highest BCUT2D eigenvalue weighted by Crippen LogP contribution is 2.13. The van der Waals surface area contributed by atoms with Crippen LogP contribution in [-0.2, 0) is 16.0 Å². The van der Waals surface area contributed by atoms with Gasteiger partial charge in [-0.2, -0.15) is 0 Å². The molecular formula is C21H33N3O4. The maximum atomic E-state index is 12.4. The molecule has 156 valence electrons. The van der Waals surface area contributed by atoms with Gasteiger partial charge >= 0.3 is 6.03 Å². The maximum Gasteiger partial charge on any atom is 0.317 e. The molecule has 0 radical (unpaired) electrons. The van der Waals surface area contributed by atoms with Gasteiger partial charge in [0.2, 0.25) is 5.91 Å². The molecule has 0 unspecified atom stereocenters. The number of hydrogen-bond acceptors (Lipinski definition) is 4. The normalized spacial score (nSPS) is 14.3. The van der Waals surface area contributed by atoms with Crippen LogP contribution < -0.4 is 10.1 Å². The Morgan fingerprint density at radius 3 is 2.32 bits per heavy atom. The summed E-state index contributed by atoms with van der Waals surface area (Å²) >= 11 is 0. The van der Waals surface area contributed by atoms with Gasteiger partial charge in [0, 0.05) is 45.8 Å². The molecule has 0 aromatic heterocycles. The predicted molar refractivity (Wildman–Crippen MR) is 109 cm³/mol. The predicted octanol–water partition coefficient (Wildman–Crippen LogP) is 2.30. The first-order valence-electron chi connectivity index (χ1n) is 10.0. The van der Waals surface area contributed by atoms with Crippen LogP contribution in [0.2, 0.25) is 0 Å². The zero-order valence-corrected chi connectivity index (χ0v) is 17.3. The number of methoxy groups -OCH3 is 1. The van der Waals surface area contributed by atoms with Gasteiger partial charge in [0.05, 0.1) is 13.2 Å². The van der Waals surface area contributed by atoms with Crippen molar-refractivity contribution >= 4 is 11.9 Å². The Labute approximate surface area is 168 Å². The van der Waals surface area contributed by atoms with Crippen molar-refractivity contribution in [1.29, 1.82) is 0 Å². The van der Waals surface area contributed by atoms with E-state index >= 15 is 0 Å². The van der Waals surface area contributed by atoms with Gasteiger partial charge in [0.25, 0.3) is 0 Å². The molecule has 1 aliphatic rings. The monoisotopic (exact) mass is 391 g/mol. The summed E-state index contributed by atoms with van der Waals surface area (Å²) in [5.74, 6) is 0.957. The van der Waals surface area contributed by atoms with Crippen LogP contribution >= 0.6 is 0 Å². The standard InChI is InChI=1S/C21H33N3O4/c1-17(2)28-16-4-11-22-21(26)24-14-12-23(13-15-24)20(25)10-7-18-5-8-19(27-3)9-6-18/h5-6,8-9,17H,4,7,10-16H2,1-3H3,(H,22,26). The minimum Gasteiger partial charge on any atom is -0.497 e. The summed E-state index contributed by atoms with van der Waals surface area (Å²) in [6, 6.07) is 7.73. The number of amides is 3.